The average molecular weight is 261 g/mol. The van der Waals surface area contributed by atoms with Crippen LogP contribution in [0.15, 0.2) is 18.5 Å². The van der Waals surface area contributed by atoms with E-state index in [0.29, 0.717) is 6.04 Å². The normalized spacial score (nSPS) is 12.8. The van der Waals surface area contributed by atoms with Crippen LogP contribution in [0.5, 0.6) is 0 Å². The molecule has 104 valence electrons. The third-order valence-corrected chi connectivity index (χ3v) is 3.38. The maximum Gasteiger partial charge on any atom is 0.0624 e. The second-order valence-corrected chi connectivity index (χ2v) is 4.87. The Morgan fingerprint density at radius 2 is 2.11 bits per heavy atom. The van der Waals surface area contributed by atoms with Crippen molar-refractivity contribution in [1.29, 1.82) is 0 Å². The lowest BCUT2D eigenvalue weighted by Gasteiger charge is -2.16. The molecule has 5 heteroatoms. The molecule has 2 rings (SSSR count). The smallest absolute Gasteiger partial charge is 0.0624 e. The Balaban J connectivity index is 2.18. The van der Waals surface area contributed by atoms with Gasteiger partial charge in [0.1, 0.15) is 0 Å². The van der Waals surface area contributed by atoms with Gasteiger partial charge in [-0.25, -0.2) is 0 Å². The lowest BCUT2D eigenvalue weighted by Crippen LogP contribution is -2.23. The third kappa shape index (κ3) is 3.23. The van der Waals surface area contributed by atoms with Crippen molar-refractivity contribution in [2.24, 2.45) is 14.1 Å². The Hall–Kier alpha value is -1.62. The van der Waals surface area contributed by atoms with E-state index in [-0.39, 0.29) is 0 Å². The quantitative estimate of drug-likeness (QED) is 0.859. The Morgan fingerprint density at radius 3 is 2.63 bits per heavy atom. The standard InChI is InChI=1S/C14H23N5/c1-5-12-7-13(19(4)17-12)8-14(15-6-2)11-9-16-18(3)10-11/h7,9-10,14-15H,5-6,8H2,1-4H3. The monoisotopic (exact) mass is 261 g/mol. The summed E-state index contributed by atoms with van der Waals surface area (Å²) in [6.45, 7) is 5.21. The Bertz CT molecular complexity index is 526. The summed E-state index contributed by atoms with van der Waals surface area (Å²) in [5, 5.41) is 12.3. The first-order valence-corrected chi connectivity index (χ1v) is 6.87. The van der Waals surface area contributed by atoms with Crippen LogP contribution in [0, 0.1) is 0 Å². The maximum atomic E-state index is 4.51. The molecule has 1 N–H and O–H groups in total. The molecule has 0 saturated carbocycles. The zero-order valence-corrected chi connectivity index (χ0v) is 12.2. The molecule has 0 fully saturated rings. The molecule has 0 amide bonds. The fraction of sp³-hybridized carbons (Fsp3) is 0.571. The van der Waals surface area contributed by atoms with Crippen molar-refractivity contribution in [3.63, 3.8) is 0 Å². The fourth-order valence-corrected chi connectivity index (χ4v) is 2.32. The molecule has 2 heterocycles. The molecule has 0 spiro atoms. The predicted molar refractivity (Wildman–Crippen MR) is 75.9 cm³/mol. The van der Waals surface area contributed by atoms with Gasteiger partial charge in [0.05, 0.1) is 11.9 Å². The Labute approximate surface area is 114 Å². The molecule has 0 aliphatic rings. The predicted octanol–water partition coefficient (Wildman–Crippen LogP) is 1.61. The highest BCUT2D eigenvalue weighted by Gasteiger charge is 2.15. The summed E-state index contributed by atoms with van der Waals surface area (Å²) in [4.78, 5) is 0. The molecule has 19 heavy (non-hydrogen) atoms. The van der Waals surface area contributed by atoms with Gasteiger partial charge in [0.15, 0.2) is 0 Å². The van der Waals surface area contributed by atoms with E-state index in [1.807, 2.05) is 29.7 Å². The van der Waals surface area contributed by atoms with E-state index in [1.54, 1.807) is 0 Å². The fourth-order valence-electron chi connectivity index (χ4n) is 2.32. The SMILES string of the molecule is CCNC(Cc1cc(CC)nn1C)c1cnn(C)c1. The number of hydrogen-bond donors (Lipinski definition) is 1. The molecule has 1 atom stereocenters. The molecule has 0 aliphatic carbocycles. The molecule has 0 bridgehead atoms. The molecule has 0 aromatic carbocycles. The molecular formula is C14H23N5. The van der Waals surface area contributed by atoms with Gasteiger partial charge in [-0.15, -0.1) is 0 Å². The average Bonchev–Trinajstić information content (AvgIpc) is 2.96. The summed E-state index contributed by atoms with van der Waals surface area (Å²) in [5.41, 5.74) is 3.63. The van der Waals surface area contributed by atoms with Crippen LogP contribution in [0.2, 0.25) is 0 Å². The number of aryl methyl sites for hydroxylation is 3. The van der Waals surface area contributed by atoms with E-state index in [4.69, 9.17) is 0 Å². The molecule has 2 aromatic rings. The van der Waals surface area contributed by atoms with Crippen LogP contribution in [0.3, 0.4) is 0 Å². The summed E-state index contributed by atoms with van der Waals surface area (Å²) in [6, 6.07) is 2.49. The van der Waals surface area contributed by atoms with Gasteiger partial charge in [0.25, 0.3) is 0 Å². The van der Waals surface area contributed by atoms with Gasteiger partial charge >= 0.3 is 0 Å². The second kappa shape index (κ2) is 6.02. The minimum Gasteiger partial charge on any atom is -0.310 e. The number of nitrogens with one attached hydrogen (secondary N) is 1. The van der Waals surface area contributed by atoms with Crippen LogP contribution in [0.25, 0.3) is 0 Å². The zero-order chi connectivity index (χ0) is 13.8. The highest BCUT2D eigenvalue weighted by molar-refractivity contribution is 5.17. The summed E-state index contributed by atoms with van der Waals surface area (Å²) >= 11 is 0. The van der Waals surface area contributed by atoms with Crippen molar-refractivity contribution in [3.05, 3.63) is 35.4 Å². The van der Waals surface area contributed by atoms with E-state index in [1.165, 1.54) is 11.3 Å². The Kier molecular flexibility index (Phi) is 4.37. The highest BCUT2D eigenvalue weighted by Crippen LogP contribution is 2.18. The first kappa shape index (κ1) is 13.8. The van der Waals surface area contributed by atoms with Gasteiger partial charge in [-0.3, -0.25) is 9.36 Å². The third-order valence-electron chi connectivity index (χ3n) is 3.38. The van der Waals surface area contributed by atoms with Crippen molar-refractivity contribution in [2.45, 2.75) is 32.7 Å². The molecular weight excluding hydrogens is 238 g/mol. The molecule has 5 nitrogen and oxygen atoms in total. The van der Waals surface area contributed by atoms with Gasteiger partial charge in [-0.1, -0.05) is 13.8 Å². The molecule has 2 aromatic heterocycles. The van der Waals surface area contributed by atoms with Crippen LogP contribution >= 0.6 is 0 Å². The minimum absolute atomic E-state index is 0.291. The number of rotatable bonds is 6. The van der Waals surface area contributed by atoms with Gasteiger partial charge in [-0.05, 0) is 19.0 Å². The summed E-state index contributed by atoms with van der Waals surface area (Å²) in [5.74, 6) is 0. The lowest BCUT2D eigenvalue weighted by molar-refractivity contribution is 0.528. The van der Waals surface area contributed by atoms with Crippen molar-refractivity contribution < 1.29 is 0 Å². The van der Waals surface area contributed by atoms with Crippen LogP contribution in [0.4, 0.5) is 0 Å². The first-order chi connectivity index (χ1) is 9.13. The molecule has 0 saturated heterocycles. The zero-order valence-electron chi connectivity index (χ0n) is 12.2. The summed E-state index contributed by atoms with van der Waals surface area (Å²) in [6.07, 6.45) is 5.92. The number of aromatic nitrogens is 4. The van der Waals surface area contributed by atoms with E-state index in [2.05, 4.69) is 41.6 Å². The summed E-state index contributed by atoms with van der Waals surface area (Å²) in [7, 11) is 3.96. The highest BCUT2D eigenvalue weighted by atomic mass is 15.3. The van der Waals surface area contributed by atoms with Gasteiger partial charge < -0.3 is 5.32 Å². The number of likely N-dealkylation sites (N-methyl/N-ethyl adjacent to an activating group) is 1. The second-order valence-electron chi connectivity index (χ2n) is 4.87. The lowest BCUT2D eigenvalue weighted by atomic mass is 10.1. The van der Waals surface area contributed by atoms with E-state index in [0.717, 1.165) is 25.1 Å². The van der Waals surface area contributed by atoms with E-state index in [9.17, 15) is 0 Å². The van der Waals surface area contributed by atoms with Crippen molar-refractivity contribution in [3.8, 4) is 0 Å². The van der Waals surface area contributed by atoms with E-state index >= 15 is 0 Å². The topological polar surface area (TPSA) is 47.7 Å². The van der Waals surface area contributed by atoms with Crippen molar-refractivity contribution in [1.82, 2.24) is 24.9 Å². The van der Waals surface area contributed by atoms with Crippen molar-refractivity contribution in [2.75, 3.05) is 6.54 Å². The Morgan fingerprint density at radius 1 is 1.32 bits per heavy atom. The van der Waals surface area contributed by atoms with Crippen LogP contribution in [-0.4, -0.2) is 26.1 Å². The molecule has 0 radical (unpaired) electrons. The number of hydrogen-bond acceptors (Lipinski definition) is 3. The van der Waals surface area contributed by atoms with Crippen LogP contribution in [0.1, 0.15) is 36.8 Å². The van der Waals surface area contributed by atoms with Gasteiger partial charge in [0.2, 0.25) is 0 Å². The summed E-state index contributed by atoms with van der Waals surface area (Å²) < 4.78 is 3.83. The first-order valence-electron chi connectivity index (χ1n) is 6.87. The van der Waals surface area contributed by atoms with Crippen LogP contribution in [-0.2, 0) is 26.9 Å². The van der Waals surface area contributed by atoms with Crippen molar-refractivity contribution >= 4 is 0 Å². The van der Waals surface area contributed by atoms with E-state index < -0.39 is 0 Å². The van der Waals surface area contributed by atoms with Gasteiger partial charge in [-0.2, -0.15) is 10.2 Å². The minimum atomic E-state index is 0.291. The largest absolute Gasteiger partial charge is 0.310 e. The number of nitrogens with zero attached hydrogens (tertiary/aromatic N) is 4. The van der Waals surface area contributed by atoms with Gasteiger partial charge in [0, 0.05) is 44.0 Å². The molecule has 0 aliphatic heterocycles. The van der Waals surface area contributed by atoms with Crippen LogP contribution < -0.4 is 5.32 Å². The maximum absolute atomic E-state index is 4.51. The molecule has 1 unspecified atom stereocenters.